The van der Waals surface area contributed by atoms with Crippen LogP contribution in [0.5, 0.6) is 5.88 Å². The van der Waals surface area contributed by atoms with Gasteiger partial charge in [0.15, 0.2) is 5.88 Å². The van der Waals surface area contributed by atoms with E-state index in [0.717, 1.165) is 59.6 Å². The first-order valence-electron chi connectivity index (χ1n) is 16.5. The van der Waals surface area contributed by atoms with Crippen molar-refractivity contribution in [2.24, 2.45) is 17.6 Å². The lowest BCUT2D eigenvalue weighted by molar-refractivity contribution is -0.0980. The fourth-order valence-corrected chi connectivity index (χ4v) is 6.14. The van der Waals surface area contributed by atoms with Crippen molar-refractivity contribution in [3.8, 4) is 17.3 Å². The summed E-state index contributed by atoms with van der Waals surface area (Å²) in [4.78, 5) is 33.6. The van der Waals surface area contributed by atoms with Crippen LogP contribution in [0.3, 0.4) is 0 Å². The van der Waals surface area contributed by atoms with E-state index in [1.807, 2.05) is 49.0 Å². The third-order valence-corrected chi connectivity index (χ3v) is 8.56. The maximum atomic E-state index is 13.6. The number of aromatic nitrogens is 4. The van der Waals surface area contributed by atoms with Crippen molar-refractivity contribution in [1.82, 2.24) is 23.8 Å². The Morgan fingerprint density at radius 3 is 2.41 bits per heavy atom. The molecule has 250 valence electrons. The molecule has 1 aliphatic heterocycles. The highest BCUT2D eigenvalue weighted by Crippen LogP contribution is 2.37. The second-order valence-electron chi connectivity index (χ2n) is 13.7. The number of pyridine rings is 2. The van der Waals surface area contributed by atoms with Crippen LogP contribution >= 0.6 is 0 Å². The van der Waals surface area contributed by atoms with Gasteiger partial charge in [0.05, 0.1) is 24.6 Å². The van der Waals surface area contributed by atoms with E-state index in [9.17, 15) is 9.90 Å². The molecule has 10 heteroatoms. The summed E-state index contributed by atoms with van der Waals surface area (Å²) in [7, 11) is 1.64. The van der Waals surface area contributed by atoms with Gasteiger partial charge in [-0.2, -0.15) is 0 Å². The summed E-state index contributed by atoms with van der Waals surface area (Å²) in [6.07, 6.45) is 5.59. The van der Waals surface area contributed by atoms with Gasteiger partial charge < -0.3 is 29.8 Å². The number of methoxy groups -OCH3 is 1. The molecule has 0 spiro atoms. The van der Waals surface area contributed by atoms with Crippen LogP contribution in [0.15, 0.2) is 30.3 Å². The van der Waals surface area contributed by atoms with Crippen LogP contribution in [0.2, 0.25) is 0 Å². The molecule has 4 aromatic heterocycles. The highest BCUT2D eigenvalue weighted by atomic mass is 16.5. The van der Waals surface area contributed by atoms with E-state index in [1.165, 1.54) is 12.8 Å². The molecular formula is C36H52N6O4. The minimum Gasteiger partial charge on any atom is -0.482 e. The first-order chi connectivity index (χ1) is 21.9. The first kappa shape index (κ1) is 35.1. The van der Waals surface area contributed by atoms with Crippen molar-refractivity contribution in [3.05, 3.63) is 47.3 Å². The predicted octanol–water partition coefficient (Wildman–Crippen LogP) is 5.82. The number of aliphatic hydroxyl groups is 1. The number of aryl methyl sites for hydroxylation is 2. The third kappa shape index (κ3) is 7.96. The van der Waals surface area contributed by atoms with Crippen molar-refractivity contribution in [1.29, 1.82) is 0 Å². The van der Waals surface area contributed by atoms with Gasteiger partial charge in [-0.1, -0.05) is 20.3 Å². The molecule has 46 heavy (non-hydrogen) atoms. The molecule has 6 rings (SSSR count). The molecule has 1 saturated carbocycles. The van der Waals surface area contributed by atoms with Gasteiger partial charge in [0.1, 0.15) is 23.8 Å². The van der Waals surface area contributed by atoms with Crippen LogP contribution in [0, 0.1) is 18.8 Å². The molecule has 2 unspecified atom stereocenters. The molecule has 5 heterocycles. The molecule has 2 atom stereocenters. The second kappa shape index (κ2) is 14.8. The van der Waals surface area contributed by atoms with Crippen LogP contribution in [0.1, 0.15) is 88.5 Å². The van der Waals surface area contributed by atoms with Crippen molar-refractivity contribution in [2.75, 3.05) is 20.2 Å². The highest BCUT2D eigenvalue weighted by molar-refractivity contribution is 5.96. The average molecular weight is 633 g/mol. The van der Waals surface area contributed by atoms with Crippen LogP contribution in [-0.2, 0) is 17.8 Å². The molecule has 2 fully saturated rings. The molecule has 2 aliphatic rings. The number of imidazole rings is 1. The number of fused-ring (bicyclic) bond motifs is 2. The Labute approximate surface area is 273 Å². The number of aliphatic hydroxyl groups excluding tert-OH is 1. The molecular weight excluding hydrogens is 580 g/mol. The van der Waals surface area contributed by atoms with Gasteiger partial charge >= 0.3 is 0 Å². The Balaban J connectivity index is 0.000000628. The largest absolute Gasteiger partial charge is 0.482 e. The Kier molecular flexibility index (Phi) is 11.3. The normalized spacial score (nSPS) is 18.2. The first-order valence-corrected chi connectivity index (χ1v) is 16.5. The van der Waals surface area contributed by atoms with Gasteiger partial charge in [-0.3, -0.25) is 9.20 Å². The number of piperidine rings is 1. The van der Waals surface area contributed by atoms with Crippen LogP contribution < -0.4 is 10.5 Å². The zero-order valence-corrected chi connectivity index (χ0v) is 28.7. The molecule has 4 aromatic rings. The second-order valence-corrected chi connectivity index (χ2v) is 13.7. The summed E-state index contributed by atoms with van der Waals surface area (Å²) in [6, 6.07) is 10.2. The summed E-state index contributed by atoms with van der Waals surface area (Å²) in [5.41, 5.74) is 11.6. The lowest BCUT2D eigenvalue weighted by Gasteiger charge is -2.36. The summed E-state index contributed by atoms with van der Waals surface area (Å²) in [6.45, 7) is 16.3. The van der Waals surface area contributed by atoms with Gasteiger partial charge in [-0.15, -0.1) is 0 Å². The fraction of sp³-hybridized carbons (Fsp3) is 0.556. The van der Waals surface area contributed by atoms with Gasteiger partial charge in [-0.05, 0) is 90.0 Å². The summed E-state index contributed by atoms with van der Waals surface area (Å²) < 4.78 is 10.1. The molecule has 0 bridgehead atoms. The molecule has 1 aliphatic carbocycles. The van der Waals surface area contributed by atoms with Gasteiger partial charge in [0.2, 0.25) is 0 Å². The van der Waals surface area contributed by atoms with Crippen LogP contribution in [0.25, 0.3) is 28.1 Å². The minimum absolute atomic E-state index is 0. The topological polar surface area (TPSA) is 128 Å². The monoisotopic (exact) mass is 632 g/mol. The van der Waals surface area contributed by atoms with Crippen molar-refractivity contribution < 1.29 is 19.4 Å². The molecule has 3 N–H and O–H groups in total. The average Bonchev–Trinajstić information content (AvgIpc) is 3.70. The number of nitrogens with zero attached hydrogens (tertiary/aromatic N) is 5. The number of amides is 1. The molecule has 1 saturated heterocycles. The smallest absolute Gasteiger partial charge is 0.254 e. The van der Waals surface area contributed by atoms with Gasteiger partial charge in [0, 0.05) is 53.8 Å². The number of hydrogen-bond donors (Lipinski definition) is 2. The Morgan fingerprint density at radius 1 is 1.11 bits per heavy atom. The van der Waals surface area contributed by atoms with Crippen molar-refractivity contribution in [2.45, 2.75) is 98.3 Å². The Morgan fingerprint density at radius 2 is 1.80 bits per heavy atom. The maximum absolute atomic E-state index is 13.6. The lowest BCUT2D eigenvalue weighted by atomic mass is 9.90. The zero-order valence-electron chi connectivity index (χ0n) is 28.7. The number of hydrogen-bond acceptors (Lipinski definition) is 7. The fourth-order valence-electron chi connectivity index (χ4n) is 6.14. The minimum atomic E-state index is -0.339. The lowest BCUT2D eigenvalue weighted by Crippen LogP contribution is -2.46. The quantitative estimate of drug-likeness (QED) is 0.250. The van der Waals surface area contributed by atoms with E-state index in [1.54, 1.807) is 7.11 Å². The van der Waals surface area contributed by atoms with E-state index >= 15 is 0 Å². The summed E-state index contributed by atoms with van der Waals surface area (Å²) in [5, 5.41) is 11.5. The summed E-state index contributed by atoms with van der Waals surface area (Å²) in [5.74, 6) is 1.35. The third-order valence-electron chi connectivity index (χ3n) is 8.56. The van der Waals surface area contributed by atoms with Crippen molar-refractivity contribution >= 4 is 29.4 Å². The number of likely N-dealkylation sites (tertiary alicyclic amines) is 1. The molecule has 0 radical (unpaired) electrons. The number of carbonyl (C=O) groups is 2. The molecule has 10 nitrogen and oxygen atoms in total. The van der Waals surface area contributed by atoms with E-state index in [0.29, 0.717) is 42.5 Å². The van der Waals surface area contributed by atoms with Crippen LogP contribution in [-0.4, -0.2) is 73.5 Å². The zero-order chi connectivity index (χ0) is 33.8. The molecule has 1 amide bonds. The maximum Gasteiger partial charge on any atom is 0.254 e. The number of rotatable bonds is 8. The SMILES string of the molecule is C=O.CC(C)(C)N.CCCC1CN(C(=O)c2cc(OC)n3c(C)c(-c4cc5ccc(CC)nc5n4CC4CC4)nc3c2)CCC1O. The van der Waals surface area contributed by atoms with E-state index in [-0.39, 0.29) is 23.5 Å². The summed E-state index contributed by atoms with van der Waals surface area (Å²) >= 11 is 0. The van der Waals surface area contributed by atoms with E-state index in [4.69, 9.17) is 25.2 Å². The highest BCUT2D eigenvalue weighted by Gasteiger charge is 2.31. The predicted molar refractivity (Wildman–Crippen MR) is 183 cm³/mol. The standard InChI is InChI=1S/C31H39N5O3.C4H11N.CH2O/c1-5-7-22-18-34(13-12-26(22)37)31(38)23-15-27-33-29(19(3)36(27)28(16-23)39-4)25-14-21-10-11-24(6-2)32-30(21)35(25)17-20-8-9-20;1-4(2,3)5;1-2/h10-11,14-16,20,22,26,37H,5-9,12-13,17-18H2,1-4H3;5H2,1-3H3;1H2. The Hall–Kier alpha value is -3.76. The Bertz CT molecular complexity index is 1640. The van der Waals surface area contributed by atoms with E-state index < -0.39 is 0 Å². The molecule has 0 aromatic carbocycles. The van der Waals surface area contributed by atoms with Crippen molar-refractivity contribution in [3.63, 3.8) is 0 Å². The number of ether oxygens (including phenoxy) is 1. The van der Waals surface area contributed by atoms with Gasteiger partial charge in [0.25, 0.3) is 5.91 Å². The van der Waals surface area contributed by atoms with Crippen LogP contribution in [0.4, 0.5) is 0 Å². The van der Waals surface area contributed by atoms with E-state index in [2.05, 4.69) is 43.5 Å². The number of nitrogens with two attached hydrogens (primary N) is 1. The number of carbonyl (C=O) groups excluding carboxylic acids is 2. The van der Waals surface area contributed by atoms with Gasteiger partial charge in [-0.25, -0.2) is 9.97 Å².